The number of nitrogens with one attached hydrogen (secondary N) is 2. The molecular formula is C20H19ClN8O9S3. The molecule has 0 spiro atoms. The van der Waals surface area contributed by atoms with Crippen molar-refractivity contribution >= 4 is 87.2 Å². The molecule has 1 fully saturated rings. The van der Waals surface area contributed by atoms with Gasteiger partial charge in [-0.1, -0.05) is 16.9 Å². The number of alkyl halides is 1. The third kappa shape index (κ3) is 6.55. The molecule has 2 aliphatic heterocycles. The van der Waals surface area contributed by atoms with E-state index in [9.17, 15) is 29.1 Å². The number of fused-ring (bicyclic) bond motifs is 1. The maximum Gasteiger partial charge on any atom is 0.512 e. The second-order valence-electron chi connectivity index (χ2n) is 7.92. The molecular weight excluding hydrogens is 628 g/mol. The zero-order valence-corrected chi connectivity index (χ0v) is 24.1. The van der Waals surface area contributed by atoms with Gasteiger partial charge in [-0.3, -0.25) is 19.3 Å². The van der Waals surface area contributed by atoms with Gasteiger partial charge >= 0.3 is 12.1 Å². The van der Waals surface area contributed by atoms with E-state index in [2.05, 4.69) is 30.9 Å². The maximum absolute atomic E-state index is 13.1. The van der Waals surface area contributed by atoms with E-state index in [0.717, 1.165) is 28.0 Å². The molecule has 41 heavy (non-hydrogen) atoms. The minimum Gasteiger partial charge on any atom is -0.475 e. The van der Waals surface area contributed by atoms with Gasteiger partial charge in [0.25, 0.3) is 17.6 Å². The molecule has 0 aromatic carbocycles. The molecule has 1 saturated heterocycles. The van der Waals surface area contributed by atoms with Crippen molar-refractivity contribution in [3.8, 4) is 0 Å². The highest BCUT2D eigenvalue weighted by Gasteiger charge is 2.54. The van der Waals surface area contributed by atoms with Gasteiger partial charge in [-0.2, -0.15) is 4.98 Å². The lowest BCUT2D eigenvalue weighted by Gasteiger charge is -2.49. The number of carbonyl (C=O) groups is 5. The summed E-state index contributed by atoms with van der Waals surface area (Å²) in [6.45, 7) is 0. The average molecular weight is 647 g/mol. The van der Waals surface area contributed by atoms with Crippen molar-refractivity contribution in [2.75, 3.05) is 29.8 Å². The molecule has 2 aromatic rings. The number of ether oxygens (including phenoxy) is 1. The first-order chi connectivity index (χ1) is 19.5. The molecule has 0 unspecified atom stereocenters. The number of anilines is 1. The summed E-state index contributed by atoms with van der Waals surface area (Å²) in [5, 5.41) is 32.1. The van der Waals surface area contributed by atoms with Crippen molar-refractivity contribution in [1.29, 1.82) is 0 Å². The molecule has 0 bridgehead atoms. The van der Waals surface area contributed by atoms with E-state index >= 15 is 0 Å². The Morgan fingerprint density at radius 1 is 1.29 bits per heavy atom. The average Bonchev–Trinajstić information content (AvgIpc) is 3.54. The van der Waals surface area contributed by atoms with Crippen LogP contribution in [0, 0.1) is 0 Å². The summed E-state index contributed by atoms with van der Waals surface area (Å²) in [7, 11) is 2.72. The Kier molecular flexibility index (Phi) is 9.35. The standard InChI is InChI=1S/C20H19ClN8O9S3/c1-28-19(25-12(26-28)17(33)34)41-5-7-4-39-16-11(14(32)29(16)15(7)38-20(35)36)24-13(31)10(27-37-2)8-6-40-18(22-8)23-9(30)3-21/h6,11,16H,3-5H2,1-2H3,(H,24,31)(H,33,34)(H,35,36)(H,22,23,30)/b27-10-/t11-,16-/m1/s1. The first-order valence-corrected chi connectivity index (χ1v) is 14.6. The number of carbonyl (C=O) groups excluding carboxylic acids is 3. The number of carboxylic acids is 1. The number of carboxylic acid groups (broad SMARTS) is 2. The van der Waals surface area contributed by atoms with Crippen molar-refractivity contribution in [1.82, 2.24) is 30.0 Å². The highest BCUT2D eigenvalue weighted by atomic mass is 35.5. The number of hydrogen-bond donors (Lipinski definition) is 4. The Bertz CT molecular complexity index is 1480. The van der Waals surface area contributed by atoms with Crippen LogP contribution in [0.4, 0.5) is 9.93 Å². The highest BCUT2D eigenvalue weighted by molar-refractivity contribution is 8.01. The van der Waals surface area contributed by atoms with Crippen LogP contribution >= 0.6 is 46.5 Å². The molecule has 2 atom stereocenters. The molecule has 4 rings (SSSR count). The largest absolute Gasteiger partial charge is 0.512 e. The van der Waals surface area contributed by atoms with Crippen LogP contribution in [0.5, 0.6) is 0 Å². The van der Waals surface area contributed by atoms with Crippen molar-refractivity contribution in [2.45, 2.75) is 16.6 Å². The number of rotatable bonds is 11. The van der Waals surface area contributed by atoms with Gasteiger partial charge < -0.3 is 30.4 Å². The number of nitrogens with zero attached hydrogens (tertiary/aromatic N) is 6. The molecule has 4 heterocycles. The number of aromatic carboxylic acids is 1. The molecule has 2 aromatic heterocycles. The SMILES string of the molecule is CO/N=C(\C(=O)N[C@@H]1C(=O)N2C(OC(=O)O)=C(CSc3nc(C(=O)O)nn3C)CS[C@H]12)c1csc(NC(=O)CCl)n1. The number of aromatic nitrogens is 4. The summed E-state index contributed by atoms with van der Waals surface area (Å²) in [5.74, 6) is -3.77. The Hall–Kier alpha value is -3.88. The highest BCUT2D eigenvalue weighted by Crippen LogP contribution is 2.42. The normalized spacial score (nSPS) is 18.4. The van der Waals surface area contributed by atoms with E-state index in [1.165, 1.54) is 36.0 Å². The van der Waals surface area contributed by atoms with Gasteiger partial charge in [0.05, 0.1) is 0 Å². The monoisotopic (exact) mass is 646 g/mol. The molecule has 0 saturated carbocycles. The second-order valence-corrected chi connectivity index (χ2v) is 11.1. The van der Waals surface area contributed by atoms with Gasteiger partial charge in [0.1, 0.15) is 30.1 Å². The van der Waals surface area contributed by atoms with Gasteiger partial charge in [0.15, 0.2) is 16.0 Å². The quantitative estimate of drug-likeness (QED) is 0.0654. The molecule has 17 nitrogen and oxygen atoms in total. The zero-order chi connectivity index (χ0) is 29.8. The summed E-state index contributed by atoms with van der Waals surface area (Å²) in [6.07, 6.45) is -1.64. The van der Waals surface area contributed by atoms with E-state index < -0.39 is 47.1 Å². The molecule has 4 N–H and O–H groups in total. The van der Waals surface area contributed by atoms with Gasteiger partial charge in [0.2, 0.25) is 11.8 Å². The van der Waals surface area contributed by atoms with Crippen LogP contribution in [0.2, 0.25) is 0 Å². The summed E-state index contributed by atoms with van der Waals surface area (Å²) in [5.41, 5.74) is 0.247. The van der Waals surface area contributed by atoms with Crippen LogP contribution in [-0.4, -0.2) is 106 Å². The number of amides is 3. The summed E-state index contributed by atoms with van der Waals surface area (Å²) in [4.78, 5) is 74.2. The second kappa shape index (κ2) is 12.7. The van der Waals surface area contributed by atoms with Crippen LogP contribution < -0.4 is 10.6 Å². The summed E-state index contributed by atoms with van der Waals surface area (Å²) in [6, 6.07) is -1.05. The van der Waals surface area contributed by atoms with Crippen molar-refractivity contribution < 1.29 is 43.8 Å². The number of halogens is 1. The fourth-order valence-electron chi connectivity index (χ4n) is 3.55. The fraction of sp³-hybridized carbons (Fsp3) is 0.350. The fourth-order valence-corrected chi connectivity index (χ4v) is 6.68. The Morgan fingerprint density at radius 2 is 2.05 bits per heavy atom. The Balaban J connectivity index is 1.48. The number of aryl methyl sites for hydroxylation is 1. The van der Waals surface area contributed by atoms with E-state index in [1.807, 2.05) is 0 Å². The number of β-lactam (4-membered cyclic amide) rings is 1. The molecule has 2 aliphatic rings. The van der Waals surface area contributed by atoms with Gasteiger partial charge in [-0.15, -0.1) is 39.8 Å². The van der Waals surface area contributed by atoms with Crippen molar-refractivity contribution in [2.24, 2.45) is 12.2 Å². The van der Waals surface area contributed by atoms with Crippen LogP contribution in [0.1, 0.15) is 16.3 Å². The zero-order valence-electron chi connectivity index (χ0n) is 20.9. The molecule has 218 valence electrons. The minimum absolute atomic E-state index is 0.0723. The molecule has 3 amide bonds. The van der Waals surface area contributed by atoms with Crippen LogP contribution in [0.25, 0.3) is 0 Å². The Labute approximate surface area is 247 Å². The van der Waals surface area contributed by atoms with Crippen LogP contribution in [0.15, 0.2) is 27.1 Å². The van der Waals surface area contributed by atoms with Crippen molar-refractivity contribution in [3.05, 3.63) is 28.4 Å². The minimum atomic E-state index is -1.64. The lowest BCUT2D eigenvalue weighted by atomic mass is 10.1. The van der Waals surface area contributed by atoms with Gasteiger partial charge in [0, 0.05) is 29.5 Å². The number of thioether (sulfide) groups is 2. The lowest BCUT2D eigenvalue weighted by molar-refractivity contribution is -0.148. The third-order valence-electron chi connectivity index (χ3n) is 5.27. The topological polar surface area (TPSA) is 228 Å². The number of hydrogen-bond acceptors (Lipinski definition) is 14. The van der Waals surface area contributed by atoms with E-state index in [-0.39, 0.29) is 45.0 Å². The molecule has 0 aliphatic carbocycles. The molecule has 21 heteroatoms. The predicted octanol–water partition coefficient (Wildman–Crippen LogP) is 0.596. The summed E-state index contributed by atoms with van der Waals surface area (Å²) < 4.78 is 6.22. The maximum atomic E-state index is 13.1. The summed E-state index contributed by atoms with van der Waals surface area (Å²) >= 11 is 8.83. The number of oxime groups is 1. The van der Waals surface area contributed by atoms with Crippen LogP contribution in [0.3, 0.4) is 0 Å². The first-order valence-electron chi connectivity index (χ1n) is 11.1. The third-order valence-corrected chi connectivity index (χ3v) is 8.71. The lowest BCUT2D eigenvalue weighted by Crippen LogP contribution is -2.70. The van der Waals surface area contributed by atoms with E-state index in [4.69, 9.17) is 26.3 Å². The van der Waals surface area contributed by atoms with E-state index in [1.54, 1.807) is 0 Å². The number of thiazole rings is 1. The predicted molar refractivity (Wildman–Crippen MR) is 145 cm³/mol. The van der Waals surface area contributed by atoms with Gasteiger partial charge in [-0.25, -0.2) is 19.3 Å². The van der Waals surface area contributed by atoms with Crippen LogP contribution in [-0.2, 0) is 31.0 Å². The smallest absolute Gasteiger partial charge is 0.475 e. The molecule has 0 radical (unpaired) electrons. The Morgan fingerprint density at radius 3 is 2.68 bits per heavy atom. The first kappa shape index (κ1) is 30.1. The van der Waals surface area contributed by atoms with Gasteiger partial charge in [-0.05, 0) is 0 Å². The van der Waals surface area contributed by atoms with Crippen molar-refractivity contribution in [3.63, 3.8) is 0 Å². The van der Waals surface area contributed by atoms with E-state index in [0.29, 0.717) is 5.57 Å².